The molecular formula is C10H22O4S. The number of hydrogen-bond donors (Lipinski definition) is 2. The molecule has 0 aliphatic heterocycles. The predicted octanol–water partition coefficient (Wildman–Crippen LogP) is 0.723. The third-order valence-electron chi connectivity index (χ3n) is 2.15. The molecule has 2 unspecified atom stereocenters. The summed E-state index contributed by atoms with van der Waals surface area (Å²) in [6, 6.07) is 0. The lowest BCUT2D eigenvalue weighted by Gasteiger charge is -2.06. The van der Waals surface area contributed by atoms with Crippen LogP contribution in [0.3, 0.4) is 0 Å². The number of aliphatic hydroxyl groups excluding tert-OH is 2. The van der Waals surface area contributed by atoms with E-state index in [0.29, 0.717) is 25.7 Å². The zero-order valence-electron chi connectivity index (χ0n) is 9.52. The molecule has 92 valence electrons. The minimum atomic E-state index is -3.00. The van der Waals surface area contributed by atoms with Gasteiger partial charge < -0.3 is 10.2 Å². The van der Waals surface area contributed by atoms with Gasteiger partial charge in [-0.05, 0) is 39.5 Å². The van der Waals surface area contributed by atoms with Crippen LogP contribution in [0.15, 0.2) is 0 Å². The van der Waals surface area contributed by atoms with Gasteiger partial charge in [-0.2, -0.15) is 0 Å². The Morgan fingerprint density at radius 3 is 1.53 bits per heavy atom. The average molecular weight is 238 g/mol. The minimum absolute atomic E-state index is 0.137. The molecule has 2 atom stereocenters. The Labute approximate surface area is 92.2 Å². The minimum Gasteiger partial charge on any atom is -0.393 e. The molecule has 0 saturated heterocycles. The largest absolute Gasteiger partial charge is 0.393 e. The molecule has 0 bridgehead atoms. The highest BCUT2D eigenvalue weighted by molar-refractivity contribution is 7.91. The molecule has 2 N–H and O–H groups in total. The monoisotopic (exact) mass is 238 g/mol. The van der Waals surface area contributed by atoms with Crippen molar-refractivity contribution in [3.63, 3.8) is 0 Å². The first kappa shape index (κ1) is 14.9. The summed E-state index contributed by atoms with van der Waals surface area (Å²) < 4.78 is 22.9. The van der Waals surface area contributed by atoms with E-state index in [1.165, 1.54) is 0 Å². The molecule has 0 aliphatic carbocycles. The second-order valence-electron chi connectivity index (χ2n) is 4.13. The number of aliphatic hydroxyl groups is 2. The summed E-state index contributed by atoms with van der Waals surface area (Å²) in [6.07, 6.45) is 1.20. The Hall–Kier alpha value is -0.130. The lowest BCUT2D eigenvalue weighted by molar-refractivity contribution is 0.183. The van der Waals surface area contributed by atoms with Gasteiger partial charge in [-0.25, -0.2) is 8.42 Å². The van der Waals surface area contributed by atoms with E-state index in [1.54, 1.807) is 13.8 Å². The fourth-order valence-corrected chi connectivity index (χ4v) is 2.72. The Morgan fingerprint density at radius 1 is 0.933 bits per heavy atom. The van der Waals surface area contributed by atoms with Gasteiger partial charge in [0, 0.05) is 0 Å². The summed E-state index contributed by atoms with van der Waals surface area (Å²) in [7, 11) is -3.00. The topological polar surface area (TPSA) is 74.6 Å². The molecular weight excluding hydrogens is 216 g/mol. The SMILES string of the molecule is CC(O)CCCS(=O)(=O)CCCC(C)O. The fourth-order valence-electron chi connectivity index (χ4n) is 1.30. The molecule has 0 aliphatic rings. The van der Waals surface area contributed by atoms with Crippen molar-refractivity contribution in [2.75, 3.05) is 11.5 Å². The molecule has 5 heteroatoms. The number of sulfone groups is 1. The molecule has 0 aromatic rings. The van der Waals surface area contributed by atoms with Crippen LogP contribution in [-0.2, 0) is 9.84 Å². The van der Waals surface area contributed by atoms with Gasteiger partial charge in [0.25, 0.3) is 0 Å². The van der Waals surface area contributed by atoms with E-state index < -0.39 is 22.0 Å². The van der Waals surface area contributed by atoms with Crippen molar-refractivity contribution in [1.82, 2.24) is 0 Å². The Morgan fingerprint density at radius 2 is 1.27 bits per heavy atom. The van der Waals surface area contributed by atoms with Gasteiger partial charge in [0.05, 0.1) is 23.7 Å². The summed E-state index contributed by atoms with van der Waals surface area (Å²) in [5, 5.41) is 17.9. The van der Waals surface area contributed by atoms with Gasteiger partial charge in [0.2, 0.25) is 0 Å². The van der Waals surface area contributed by atoms with E-state index in [2.05, 4.69) is 0 Å². The number of rotatable bonds is 8. The molecule has 0 aromatic carbocycles. The zero-order chi connectivity index (χ0) is 11.9. The van der Waals surface area contributed by atoms with Crippen molar-refractivity contribution in [3.8, 4) is 0 Å². The molecule has 15 heavy (non-hydrogen) atoms. The van der Waals surface area contributed by atoms with Crippen molar-refractivity contribution in [3.05, 3.63) is 0 Å². The third kappa shape index (κ3) is 10.2. The summed E-state index contributed by atoms with van der Waals surface area (Å²) in [6.45, 7) is 3.31. The van der Waals surface area contributed by atoms with Crippen LogP contribution >= 0.6 is 0 Å². The highest BCUT2D eigenvalue weighted by Crippen LogP contribution is 2.05. The standard InChI is InChI=1S/C10H22O4S/c1-9(11)5-3-7-15(13,14)8-4-6-10(2)12/h9-12H,3-8H2,1-2H3. The van der Waals surface area contributed by atoms with Crippen LogP contribution in [0.1, 0.15) is 39.5 Å². The summed E-state index contributed by atoms with van der Waals surface area (Å²) in [5.41, 5.74) is 0. The third-order valence-corrected chi connectivity index (χ3v) is 3.98. The normalized spacial score (nSPS) is 16.3. The summed E-state index contributed by atoms with van der Waals surface area (Å²) >= 11 is 0. The first-order chi connectivity index (χ1) is 6.83. The van der Waals surface area contributed by atoms with E-state index in [4.69, 9.17) is 10.2 Å². The van der Waals surface area contributed by atoms with Crippen molar-refractivity contribution in [2.45, 2.75) is 51.7 Å². The maximum absolute atomic E-state index is 11.4. The lowest BCUT2D eigenvalue weighted by atomic mass is 10.2. The van der Waals surface area contributed by atoms with Crippen LogP contribution in [-0.4, -0.2) is 42.3 Å². The van der Waals surface area contributed by atoms with E-state index in [-0.39, 0.29) is 11.5 Å². The van der Waals surface area contributed by atoms with Crippen molar-refractivity contribution < 1.29 is 18.6 Å². The molecule has 0 amide bonds. The Balaban J connectivity index is 3.68. The molecule has 4 nitrogen and oxygen atoms in total. The highest BCUT2D eigenvalue weighted by Gasteiger charge is 2.11. The van der Waals surface area contributed by atoms with Crippen molar-refractivity contribution in [2.24, 2.45) is 0 Å². The van der Waals surface area contributed by atoms with E-state index in [9.17, 15) is 8.42 Å². The maximum atomic E-state index is 11.4. The van der Waals surface area contributed by atoms with Crippen molar-refractivity contribution >= 4 is 9.84 Å². The van der Waals surface area contributed by atoms with Gasteiger partial charge in [0.1, 0.15) is 9.84 Å². The van der Waals surface area contributed by atoms with Gasteiger partial charge >= 0.3 is 0 Å². The molecule has 0 radical (unpaired) electrons. The van der Waals surface area contributed by atoms with Crippen LogP contribution < -0.4 is 0 Å². The van der Waals surface area contributed by atoms with Crippen LogP contribution in [0.25, 0.3) is 0 Å². The summed E-state index contributed by atoms with van der Waals surface area (Å²) in [5.74, 6) is 0.273. The molecule has 0 spiro atoms. The van der Waals surface area contributed by atoms with Gasteiger partial charge in [-0.1, -0.05) is 0 Å². The molecule has 0 fully saturated rings. The molecule has 0 rings (SSSR count). The second kappa shape index (κ2) is 7.19. The van der Waals surface area contributed by atoms with Gasteiger partial charge in [-0.3, -0.25) is 0 Å². The smallest absolute Gasteiger partial charge is 0.150 e. The zero-order valence-corrected chi connectivity index (χ0v) is 10.3. The lowest BCUT2D eigenvalue weighted by Crippen LogP contribution is -2.14. The first-order valence-corrected chi connectivity index (χ1v) is 7.22. The quantitative estimate of drug-likeness (QED) is 0.653. The maximum Gasteiger partial charge on any atom is 0.150 e. The van der Waals surface area contributed by atoms with E-state index in [1.807, 2.05) is 0 Å². The van der Waals surface area contributed by atoms with Gasteiger partial charge in [0.15, 0.2) is 0 Å². The number of hydrogen-bond acceptors (Lipinski definition) is 4. The molecule has 0 heterocycles. The molecule has 0 aromatic heterocycles. The van der Waals surface area contributed by atoms with Gasteiger partial charge in [-0.15, -0.1) is 0 Å². The van der Waals surface area contributed by atoms with Crippen LogP contribution in [0.2, 0.25) is 0 Å². The Kier molecular flexibility index (Phi) is 7.13. The van der Waals surface area contributed by atoms with E-state index >= 15 is 0 Å². The second-order valence-corrected chi connectivity index (χ2v) is 6.44. The summed E-state index contributed by atoms with van der Waals surface area (Å²) in [4.78, 5) is 0. The Bertz CT molecular complexity index is 224. The van der Waals surface area contributed by atoms with Crippen LogP contribution in [0.4, 0.5) is 0 Å². The van der Waals surface area contributed by atoms with Crippen LogP contribution in [0, 0.1) is 0 Å². The van der Waals surface area contributed by atoms with E-state index in [0.717, 1.165) is 0 Å². The first-order valence-electron chi connectivity index (χ1n) is 5.40. The fraction of sp³-hybridized carbons (Fsp3) is 1.00. The molecule has 0 saturated carbocycles. The van der Waals surface area contributed by atoms with Crippen LogP contribution in [0.5, 0.6) is 0 Å². The average Bonchev–Trinajstić information content (AvgIpc) is 2.01. The predicted molar refractivity (Wildman–Crippen MR) is 60.5 cm³/mol. The van der Waals surface area contributed by atoms with Crippen molar-refractivity contribution in [1.29, 1.82) is 0 Å². The highest BCUT2D eigenvalue weighted by atomic mass is 32.2.